The lowest BCUT2D eigenvalue weighted by atomic mass is 9.84. The number of ketones is 1. The van der Waals surface area contributed by atoms with Crippen LogP contribution in [0.3, 0.4) is 0 Å². The van der Waals surface area contributed by atoms with Gasteiger partial charge in [-0.2, -0.15) is 0 Å². The summed E-state index contributed by atoms with van der Waals surface area (Å²) in [6, 6.07) is 24.6. The molecule has 0 amide bonds. The van der Waals surface area contributed by atoms with Crippen molar-refractivity contribution in [1.29, 1.82) is 0 Å². The molecule has 3 heteroatoms. The van der Waals surface area contributed by atoms with E-state index in [0.29, 0.717) is 12.2 Å². The Morgan fingerprint density at radius 1 is 0.676 bits per heavy atom. The van der Waals surface area contributed by atoms with Crippen LogP contribution >= 0.6 is 0 Å². The molecule has 1 N–H and O–H groups in total. The van der Waals surface area contributed by atoms with Crippen molar-refractivity contribution in [2.24, 2.45) is 0 Å². The number of aliphatic hydroxyl groups is 1. The van der Waals surface area contributed by atoms with E-state index in [1.807, 2.05) is 36.4 Å². The zero-order valence-electron chi connectivity index (χ0n) is 22.3. The zero-order chi connectivity index (χ0) is 25.9. The third-order valence-electron chi connectivity index (χ3n) is 7.96. The molecule has 3 aromatic carbocycles. The second-order valence-corrected chi connectivity index (χ2v) is 10.7. The summed E-state index contributed by atoms with van der Waals surface area (Å²) in [6.45, 7) is 2.29. The molecule has 0 aromatic heterocycles. The van der Waals surface area contributed by atoms with Gasteiger partial charge in [0, 0.05) is 5.56 Å². The molecule has 0 unspecified atom stereocenters. The lowest BCUT2D eigenvalue weighted by Crippen LogP contribution is -2.04. The van der Waals surface area contributed by atoms with Crippen LogP contribution in [0.15, 0.2) is 72.8 Å². The second kappa shape index (κ2) is 14.1. The lowest BCUT2D eigenvalue weighted by Gasteiger charge is -2.22. The van der Waals surface area contributed by atoms with E-state index >= 15 is 0 Å². The topological polar surface area (TPSA) is 46.5 Å². The standard InChI is InChI=1S/C21H24O2.C13H18O/c1-16(22)18-11-13-21(14-12-18)23-15-17-7-9-20(10-8-17)19-5-3-2-4-6-19;14-10-11-6-8-13(9-7-11)12-4-2-1-3-5-12/h7-14,19H,2-6,15H2,1H3;6-9,12,14H,1-5,10H2. The van der Waals surface area contributed by atoms with Crippen LogP contribution in [0.4, 0.5) is 0 Å². The molecule has 2 saturated carbocycles. The number of hydrogen-bond acceptors (Lipinski definition) is 3. The quantitative estimate of drug-likeness (QED) is 0.331. The fraction of sp³-hybridized carbons (Fsp3) is 0.441. The molecule has 196 valence electrons. The molecule has 3 aromatic rings. The molecule has 2 aliphatic rings. The van der Waals surface area contributed by atoms with Gasteiger partial charge in [0.15, 0.2) is 5.78 Å². The van der Waals surface area contributed by atoms with Gasteiger partial charge in [0.05, 0.1) is 6.61 Å². The van der Waals surface area contributed by atoms with E-state index in [-0.39, 0.29) is 12.4 Å². The van der Waals surface area contributed by atoms with Crippen LogP contribution in [0.2, 0.25) is 0 Å². The van der Waals surface area contributed by atoms with Crippen LogP contribution in [0.25, 0.3) is 0 Å². The third kappa shape index (κ3) is 8.30. The molecule has 2 fully saturated rings. The van der Waals surface area contributed by atoms with Crippen LogP contribution in [0.1, 0.15) is 116 Å². The first-order valence-electron chi connectivity index (χ1n) is 14.1. The van der Waals surface area contributed by atoms with Gasteiger partial charge in [-0.15, -0.1) is 0 Å². The molecule has 0 radical (unpaired) electrons. The number of Topliss-reactive ketones (excluding diaryl/α,β-unsaturated/α-hetero) is 1. The van der Waals surface area contributed by atoms with E-state index in [0.717, 1.165) is 23.1 Å². The third-order valence-corrected chi connectivity index (χ3v) is 7.96. The van der Waals surface area contributed by atoms with E-state index in [2.05, 4.69) is 36.4 Å². The highest BCUT2D eigenvalue weighted by Gasteiger charge is 2.16. The molecular formula is C34H42O3. The number of aliphatic hydroxyl groups excluding tert-OH is 1. The maximum atomic E-state index is 11.3. The van der Waals surface area contributed by atoms with Gasteiger partial charge in [-0.1, -0.05) is 87.1 Å². The SMILES string of the molecule is CC(=O)c1ccc(OCc2ccc(C3CCCCC3)cc2)cc1.OCc1ccc(C2CCCCC2)cc1. The summed E-state index contributed by atoms with van der Waals surface area (Å²) in [5.41, 5.74) is 5.85. The van der Waals surface area contributed by atoms with Gasteiger partial charge in [-0.25, -0.2) is 0 Å². The van der Waals surface area contributed by atoms with Crippen molar-refractivity contribution in [2.45, 2.75) is 96.2 Å². The number of rotatable bonds is 7. The Hall–Kier alpha value is -2.91. The minimum atomic E-state index is 0.0786. The molecule has 2 aliphatic carbocycles. The van der Waals surface area contributed by atoms with Crippen LogP contribution in [0.5, 0.6) is 5.75 Å². The first-order valence-corrected chi connectivity index (χ1v) is 14.1. The molecule has 0 aliphatic heterocycles. The van der Waals surface area contributed by atoms with Crippen LogP contribution < -0.4 is 4.74 Å². The Bertz CT molecular complexity index is 1070. The number of benzene rings is 3. The van der Waals surface area contributed by atoms with E-state index in [1.165, 1.54) is 80.9 Å². The van der Waals surface area contributed by atoms with Gasteiger partial charge in [0.1, 0.15) is 12.4 Å². The molecule has 0 saturated heterocycles. The first kappa shape index (κ1) is 27.1. The van der Waals surface area contributed by atoms with Gasteiger partial charge < -0.3 is 9.84 Å². The minimum absolute atomic E-state index is 0.0786. The van der Waals surface area contributed by atoms with Crippen molar-refractivity contribution >= 4 is 5.78 Å². The maximum Gasteiger partial charge on any atom is 0.159 e. The summed E-state index contributed by atoms with van der Waals surface area (Å²) in [5, 5.41) is 8.94. The highest BCUT2D eigenvalue weighted by Crippen LogP contribution is 2.33. The van der Waals surface area contributed by atoms with Crippen molar-refractivity contribution < 1.29 is 14.6 Å². The molecular weight excluding hydrogens is 456 g/mol. The second-order valence-electron chi connectivity index (χ2n) is 10.7. The first-order chi connectivity index (χ1) is 18.1. The summed E-state index contributed by atoms with van der Waals surface area (Å²) < 4.78 is 5.80. The van der Waals surface area contributed by atoms with Gasteiger partial charge in [0.2, 0.25) is 0 Å². The summed E-state index contributed by atoms with van der Waals surface area (Å²) in [7, 11) is 0. The van der Waals surface area contributed by atoms with Crippen molar-refractivity contribution in [3.63, 3.8) is 0 Å². The van der Waals surface area contributed by atoms with Crippen molar-refractivity contribution in [3.8, 4) is 5.75 Å². The van der Waals surface area contributed by atoms with E-state index in [9.17, 15) is 4.79 Å². The van der Waals surface area contributed by atoms with E-state index in [4.69, 9.17) is 9.84 Å². The predicted molar refractivity (Wildman–Crippen MR) is 151 cm³/mol. The maximum absolute atomic E-state index is 11.3. The number of carbonyl (C=O) groups is 1. The Morgan fingerprint density at radius 2 is 1.14 bits per heavy atom. The van der Waals surface area contributed by atoms with Gasteiger partial charge >= 0.3 is 0 Å². The van der Waals surface area contributed by atoms with E-state index in [1.54, 1.807) is 6.92 Å². The minimum Gasteiger partial charge on any atom is -0.489 e. The Labute approximate surface area is 222 Å². The van der Waals surface area contributed by atoms with Crippen molar-refractivity contribution in [2.75, 3.05) is 0 Å². The average Bonchev–Trinajstić information content (AvgIpc) is 2.98. The normalized spacial score (nSPS) is 16.5. The van der Waals surface area contributed by atoms with Crippen LogP contribution in [-0.4, -0.2) is 10.9 Å². The number of ether oxygens (including phenoxy) is 1. The average molecular weight is 499 g/mol. The lowest BCUT2D eigenvalue weighted by molar-refractivity contribution is 0.101. The monoisotopic (exact) mass is 498 g/mol. The Kier molecular flexibility index (Phi) is 10.4. The number of hydrogen-bond donors (Lipinski definition) is 1. The summed E-state index contributed by atoms with van der Waals surface area (Å²) in [6.07, 6.45) is 13.7. The molecule has 0 heterocycles. The Morgan fingerprint density at radius 3 is 1.57 bits per heavy atom. The van der Waals surface area contributed by atoms with Gasteiger partial charge in [-0.05, 0) is 91.0 Å². The molecule has 5 rings (SSSR count). The Balaban J connectivity index is 0.000000195. The molecule has 0 spiro atoms. The molecule has 3 nitrogen and oxygen atoms in total. The highest BCUT2D eigenvalue weighted by atomic mass is 16.5. The van der Waals surface area contributed by atoms with Crippen LogP contribution in [-0.2, 0) is 13.2 Å². The predicted octanol–water partition coefficient (Wildman–Crippen LogP) is 8.74. The fourth-order valence-corrected chi connectivity index (χ4v) is 5.61. The summed E-state index contributed by atoms with van der Waals surface area (Å²) >= 11 is 0. The number of carbonyl (C=O) groups excluding carboxylic acids is 1. The molecule has 0 atom stereocenters. The summed E-state index contributed by atoms with van der Waals surface area (Å²) in [5.74, 6) is 2.40. The van der Waals surface area contributed by atoms with Crippen LogP contribution in [0, 0.1) is 0 Å². The fourth-order valence-electron chi connectivity index (χ4n) is 5.61. The largest absolute Gasteiger partial charge is 0.489 e. The van der Waals surface area contributed by atoms with Gasteiger partial charge in [0.25, 0.3) is 0 Å². The highest BCUT2D eigenvalue weighted by molar-refractivity contribution is 5.94. The smallest absolute Gasteiger partial charge is 0.159 e. The van der Waals surface area contributed by atoms with Gasteiger partial charge in [-0.3, -0.25) is 4.79 Å². The summed E-state index contributed by atoms with van der Waals surface area (Å²) in [4.78, 5) is 11.3. The molecule has 37 heavy (non-hydrogen) atoms. The van der Waals surface area contributed by atoms with E-state index < -0.39 is 0 Å². The van der Waals surface area contributed by atoms with Crippen molar-refractivity contribution in [3.05, 3.63) is 101 Å². The molecule has 0 bridgehead atoms. The zero-order valence-corrected chi connectivity index (χ0v) is 22.3. The van der Waals surface area contributed by atoms with Crippen molar-refractivity contribution in [1.82, 2.24) is 0 Å².